The summed E-state index contributed by atoms with van der Waals surface area (Å²) in [5, 5.41) is 3.03. The molecule has 0 aliphatic carbocycles. The molecule has 1 fully saturated rings. The number of aryl methyl sites for hydroxylation is 2. The molecule has 0 atom stereocenters. The fourth-order valence-electron chi connectivity index (χ4n) is 5.08. The molecule has 2 amide bonds. The normalized spacial score (nSPS) is 16.0. The molecule has 7 nitrogen and oxygen atoms in total. The van der Waals surface area contributed by atoms with Gasteiger partial charge in [-0.1, -0.05) is 36.4 Å². The van der Waals surface area contributed by atoms with Crippen molar-refractivity contribution >= 4 is 53.1 Å². The van der Waals surface area contributed by atoms with E-state index < -0.39 is 0 Å². The monoisotopic (exact) mass is 545 g/mol. The van der Waals surface area contributed by atoms with Crippen LogP contribution in [0.3, 0.4) is 0 Å². The van der Waals surface area contributed by atoms with Gasteiger partial charge in [-0.3, -0.25) is 4.90 Å². The van der Waals surface area contributed by atoms with E-state index in [1.807, 2.05) is 18.5 Å². The number of imidazole rings is 1. The molecule has 9 heteroatoms. The first-order valence-corrected chi connectivity index (χ1v) is 12.7. The van der Waals surface area contributed by atoms with Crippen LogP contribution in [-0.2, 0) is 11.3 Å². The summed E-state index contributed by atoms with van der Waals surface area (Å²) in [6, 6.07) is 14.7. The molecule has 0 bridgehead atoms. The Morgan fingerprint density at radius 3 is 2.51 bits per heavy atom. The summed E-state index contributed by atoms with van der Waals surface area (Å²) >= 11 is 0. The standard InChI is InChI=1S/C28H35N5O2.2ClH/c1-22-19-25(30-28(34)32-15-17-35-18-16-32)20-26-27(22)33(21-29-26)12-6-5-11-31-13-9-24(10-14-31)23-7-3-2-4-8-23;;/h2-4,7-9,19-21H,5-6,10-18H2,1H3,(H,30,34);2*1H. The number of hydrogen-bond acceptors (Lipinski definition) is 4. The summed E-state index contributed by atoms with van der Waals surface area (Å²) in [6.45, 7) is 8.79. The smallest absolute Gasteiger partial charge is 0.322 e. The molecule has 2 aliphatic heterocycles. The number of halogens is 2. The van der Waals surface area contributed by atoms with Crippen LogP contribution in [0.4, 0.5) is 10.5 Å². The highest BCUT2D eigenvalue weighted by Crippen LogP contribution is 2.25. The van der Waals surface area contributed by atoms with Crippen molar-refractivity contribution in [1.29, 1.82) is 0 Å². The zero-order valence-electron chi connectivity index (χ0n) is 21.4. The number of ether oxygens (including phenoxy) is 1. The third-order valence-electron chi connectivity index (χ3n) is 7.01. The second-order valence-corrected chi connectivity index (χ2v) is 9.48. The van der Waals surface area contributed by atoms with Crippen molar-refractivity contribution in [3.05, 3.63) is 66.0 Å². The van der Waals surface area contributed by atoms with E-state index in [0.717, 1.165) is 61.3 Å². The molecule has 3 aromatic rings. The Bertz CT molecular complexity index is 1190. The number of fused-ring (bicyclic) bond motifs is 1. The van der Waals surface area contributed by atoms with Crippen LogP contribution in [0.15, 0.2) is 54.9 Å². The number of nitrogens with one attached hydrogen (secondary N) is 1. The Morgan fingerprint density at radius 1 is 1.03 bits per heavy atom. The zero-order chi connectivity index (χ0) is 24.0. The van der Waals surface area contributed by atoms with Gasteiger partial charge in [0.1, 0.15) is 0 Å². The first-order chi connectivity index (χ1) is 17.2. The first kappa shape index (κ1) is 29.0. The number of aromatic nitrogens is 2. The Morgan fingerprint density at radius 2 is 1.78 bits per heavy atom. The summed E-state index contributed by atoms with van der Waals surface area (Å²) in [6.07, 6.45) is 7.73. The number of carbonyl (C=O) groups excluding carboxylic acids is 1. The molecule has 5 rings (SSSR count). The van der Waals surface area contributed by atoms with Gasteiger partial charge in [0, 0.05) is 38.4 Å². The lowest BCUT2D eigenvalue weighted by Gasteiger charge is -2.27. The van der Waals surface area contributed by atoms with Gasteiger partial charge in [0.25, 0.3) is 0 Å². The highest BCUT2D eigenvalue weighted by molar-refractivity contribution is 5.93. The zero-order valence-corrected chi connectivity index (χ0v) is 23.0. The lowest BCUT2D eigenvalue weighted by molar-refractivity contribution is 0.0564. The van der Waals surface area contributed by atoms with Gasteiger partial charge in [-0.15, -0.1) is 24.8 Å². The Hall–Kier alpha value is -2.58. The van der Waals surface area contributed by atoms with Gasteiger partial charge in [-0.05, 0) is 61.6 Å². The molecule has 2 aromatic carbocycles. The summed E-state index contributed by atoms with van der Waals surface area (Å²) in [4.78, 5) is 21.5. The van der Waals surface area contributed by atoms with Crippen molar-refractivity contribution in [1.82, 2.24) is 19.4 Å². The molecule has 2 aliphatic rings. The molecular formula is C28H37Cl2N5O2. The van der Waals surface area contributed by atoms with E-state index in [9.17, 15) is 4.79 Å². The molecule has 3 heterocycles. The van der Waals surface area contributed by atoms with Crippen molar-refractivity contribution in [3.8, 4) is 0 Å². The molecule has 1 aromatic heterocycles. The maximum absolute atomic E-state index is 12.5. The van der Waals surface area contributed by atoms with Crippen LogP contribution in [0, 0.1) is 6.92 Å². The summed E-state index contributed by atoms with van der Waals surface area (Å²) < 4.78 is 7.59. The van der Waals surface area contributed by atoms with Gasteiger partial charge in [0.15, 0.2) is 0 Å². The molecule has 1 N–H and O–H groups in total. The van der Waals surface area contributed by atoms with E-state index >= 15 is 0 Å². The van der Waals surface area contributed by atoms with Gasteiger partial charge >= 0.3 is 6.03 Å². The van der Waals surface area contributed by atoms with E-state index in [4.69, 9.17) is 4.74 Å². The lowest BCUT2D eigenvalue weighted by atomic mass is 9.99. The van der Waals surface area contributed by atoms with Crippen molar-refractivity contribution in [2.45, 2.75) is 32.7 Å². The third-order valence-corrected chi connectivity index (χ3v) is 7.01. The molecule has 37 heavy (non-hydrogen) atoms. The summed E-state index contributed by atoms with van der Waals surface area (Å²) in [7, 11) is 0. The van der Waals surface area contributed by atoms with E-state index in [1.165, 1.54) is 17.6 Å². The van der Waals surface area contributed by atoms with Gasteiger partial charge in [0.05, 0.1) is 30.6 Å². The number of amides is 2. The maximum Gasteiger partial charge on any atom is 0.322 e. The van der Waals surface area contributed by atoms with Gasteiger partial charge < -0.3 is 19.5 Å². The van der Waals surface area contributed by atoms with Crippen LogP contribution in [0.2, 0.25) is 0 Å². The van der Waals surface area contributed by atoms with Crippen LogP contribution in [0.5, 0.6) is 0 Å². The number of benzene rings is 2. The SMILES string of the molecule is Cc1cc(NC(=O)N2CCOCC2)cc2ncn(CCCCN3CC=C(c4ccccc4)CC3)c12.Cl.Cl. The largest absolute Gasteiger partial charge is 0.378 e. The van der Waals surface area contributed by atoms with E-state index in [0.29, 0.717) is 26.3 Å². The minimum absolute atomic E-state index is 0. The highest BCUT2D eigenvalue weighted by Gasteiger charge is 2.18. The fourth-order valence-corrected chi connectivity index (χ4v) is 5.08. The Balaban J connectivity index is 0.00000190. The average molecular weight is 547 g/mol. The van der Waals surface area contributed by atoms with Gasteiger partial charge in [0.2, 0.25) is 0 Å². The number of hydrogen-bond donors (Lipinski definition) is 1. The van der Waals surface area contributed by atoms with E-state index in [-0.39, 0.29) is 30.8 Å². The number of anilines is 1. The topological polar surface area (TPSA) is 62.6 Å². The summed E-state index contributed by atoms with van der Waals surface area (Å²) in [5.74, 6) is 0. The van der Waals surface area contributed by atoms with Crippen LogP contribution >= 0.6 is 24.8 Å². The number of urea groups is 1. The summed E-state index contributed by atoms with van der Waals surface area (Å²) in [5.41, 5.74) is 6.84. The third kappa shape index (κ3) is 7.26. The average Bonchev–Trinajstić information content (AvgIpc) is 3.31. The second-order valence-electron chi connectivity index (χ2n) is 9.48. The number of nitrogens with zero attached hydrogens (tertiary/aromatic N) is 4. The van der Waals surface area contributed by atoms with Gasteiger partial charge in [-0.2, -0.15) is 0 Å². The lowest BCUT2D eigenvalue weighted by Crippen LogP contribution is -2.43. The molecular weight excluding hydrogens is 509 g/mol. The van der Waals surface area contributed by atoms with Crippen molar-refractivity contribution < 1.29 is 9.53 Å². The molecule has 0 saturated carbocycles. The number of rotatable bonds is 7. The molecule has 1 saturated heterocycles. The first-order valence-electron chi connectivity index (χ1n) is 12.7. The highest BCUT2D eigenvalue weighted by atomic mass is 35.5. The Labute approximate surface area is 231 Å². The van der Waals surface area contributed by atoms with Crippen molar-refractivity contribution in [2.75, 3.05) is 51.3 Å². The molecule has 0 unspecified atom stereocenters. The number of carbonyl (C=O) groups is 1. The predicted octanol–water partition coefficient (Wildman–Crippen LogP) is 5.62. The number of unbranched alkanes of at least 4 members (excludes halogenated alkanes) is 1. The molecule has 0 radical (unpaired) electrons. The van der Waals surface area contributed by atoms with Gasteiger partial charge in [-0.25, -0.2) is 9.78 Å². The predicted molar refractivity (Wildman–Crippen MR) is 155 cm³/mol. The van der Waals surface area contributed by atoms with E-state index in [2.05, 4.69) is 63.1 Å². The van der Waals surface area contributed by atoms with Crippen molar-refractivity contribution in [2.24, 2.45) is 0 Å². The number of morpholine rings is 1. The quantitative estimate of drug-likeness (QED) is 0.391. The molecule has 0 spiro atoms. The van der Waals surface area contributed by atoms with Crippen LogP contribution in [0.1, 0.15) is 30.4 Å². The minimum atomic E-state index is -0.0741. The second kappa shape index (κ2) is 13.8. The molecule has 200 valence electrons. The maximum atomic E-state index is 12.5. The van der Waals surface area contributed by atoms with Crippen LogP contribution in [0.25, 0.3) is 16.6 Å². The van der Waals surface area contributed by atoms with E-state index in [1.54, 1.807) is 4.90 Å². The Kier molecular flexibility index (Phi) is 10.8. The van der Waals surface area contributed by atoms with Crippen molar-refractivity contribution in [3.63, 3.8) is 0 Å². The van der Waals surface area contributed by atoms with Crippen LogP contribution < -0.4 is 5.32 Å². The minimum Gasteiger partial charge on any atom is -0.378 e. The van der Waals surface area contributed by atoms with Crippen LogP contribution in [-0.4, -0.2) is 71.3 Å². The fraction of sp³-hybridized carbons (Fsp3) is 0.429.